The Labute approximate surface area is 406 Å². The van der Waals surface area contributed by atoms with Crippen LogP contribution in [-0.2, 0) is 59.2 Å². The minimum atomic E-state index is -2.00. The Balaban J connectivity index is 3.43. The number of carbonyl (C=O) groups is 11. The van der Waals surface area contributed by atoms with Gasteiger partial charge in [-0.1, -0.05) is 84.7 Å². The van der Waals surface area contributed by atoms with Gasteiger partial charge in [0.25, 0.3) is 0 Å². The molecule has 8 amide bonds. The first kappa shape index (κ1) is 61.3. The second-order valence-electron chi connectivity index (χ2n) is 17.3. The van der Waals surface area contributed by atoms with Gasteiger partial charge in [-0.2, -0.15) is 0 Å². The first-order valence-electron chi connectivity index (χ1n) is 23.1. The van der Waals surface area contributed by atoms with E-state index in [-0.39, 0.29) is 38.1 Å². The first-order valence-corrected chi connectivity index (χ1v) is 23.1. The fourth-order valence-corrected chi connectivity index (χ4v) is 6.66. The van der Waals surface area contributed by atoms with Crippen LogP contribution in [0.1, 0.15) is 92.1 Å². The summed E-state index contributed by atoms with van der Waals surface area (Å²) in [6.45, 7) is 8.46. The summed E-state index contributed by atoms with van der Waals surface area (Å²) in [5.41, 5.74) is 12.4. The number of carboxylic acids is 3. The van der Waals surface area contributed by atoms with Crippen molar-refractivity contribution in [3.05, 3.63) is 35.9 Å². The van der Waals surface area contributed by atoms with Gasteiger partial charge in [0.2, 0.25) is 47.3 Å². The predicted molar refractivity (Wildman–Crippen MR) is 251 cm³/mol. The Morgan fingerprint density at radius 3 is 1.47 bits per heavy atom. The molecule has 0 saturated carbocycles. The van der Waals surface area contributed by atoms with E-state index >= 15 is 0 Å². The summed E-state index contributed by atoms with van der Waals surface area (Å²) in [6, 6.07) is -3.32. The highest BCUT2D eigenvalue weighted by Gasteiger charge is 2.37. The van der Waals surface area contributed by atoms with Crippen molar-refractivity contribution in [2.45, 2.75) is 141 Å². The molecular formula is C45H72N10O15. The lowest BCUT2D eigenvalue weighted by Crippen LogP contribution is -2.62. The van der Waals surface area contributed by atoms with E-state index in [1.165, 1.54) is 0 Å². The molecule has 25 heteroatoms. The number of nitrogens with one attached hydrogen (secondary N) is 8. The molecule has 0 fully saturated rings. The van der Waals surface area contributed by atoms with Crippen molar-refractivity contribution in [1.29, 1.82) is 0 Å². The number of aliphatic carboxylic acids is 3. The Bertz CT molecular complexity index is 1960. The lowest BCUT2D eigenvalue weighted by atomic mass is 9.95. The number of aliphatic hydroxyl groups excluding tert-OH is 1. The molecule has 1 aromatic rings. The number of carbonyl (C=O) groups excluding carboxylic acids is 8. The fraction of sp³-hybridized carbons (Fsp3) is 0.622. The molecule has 1 aromatic carbocycles. The third kappa shape index (κ3) is 21.7. The minimum Gasteiger partial charge on any atom is -0.481 e. The number of amides is 8. The first-order chi connectivity index (χ1) is 32.9. The number of aliphatic hydroxyl groups is 1. The highest BCUT2D eigenvalue weighted by atomic mass is 16.4. The van der Waals surface area contributed by atoms with Crippen LogP contribution in [0.5, 0.6) is 0 Å². The predicted octanol–water partition coefficient (Wildman–Crippen LogP) is -3.03. The van der Waals surface area contributed by atoms with Gasteiger partial charge in [0.1, 0.15) is 48.8 Å². The third-order valence-corrected chi connectivity index (χ3v) is 11.3. The molecule has 0 aliphatic rings. The fourth-order valence-electron chi connectivity index (χ4n) is 6.66. The van der Waals surface area contributed by atoms with E-state index in [1.54, 1.807) is 65.0 Å². The quantitative estimate of drug-likeness (QED) is 0.0312. The molecule has 0 aliphatic carbocycles. The number of benzene rings is 1. The summed E-state index contributed by atoms with van der Waals surface area (Å²) >= 11 is 0. The zero-order valence-electron chi connectivity index (χ0n) is 40.5. The van der Waals surface area contributed by atoms with E-state index in [0.717, 1.165) is 0 Å². The highest BCUT2D eigenvalue weighted by molar-refractivity contribution is 5.99. The monoisotopic (exact) mass is 993 g/mol. The molecular weight excluding hydrogens is 921 g/mol. The van der Waals surface area contributed by atoms with Crippen molar-refractivity contribution in [1.82, 2.24) is 42.5 Å². The molecule has 10 atom stereocenters. The second-order valence-corrected chi connectivity index (χ2v) is 17.3. The van der Waals surface area contributed by atoms with Crippen LogP contribution in [0.4, 0.5) is 0 Å². The van der Waals surface area contributed by atoms with Gasteiger partial charge in [-0.05, 0) is 49.1 Å². The molecule has 0 bridgehead atoms. The van der Waals surface area contributed by atoms with Crippen molar-refractivity contribution in [2.75, 3.05) is 19.7 Å². The van der Waals surface area contributed by atoms with Crippen LogP contribution in [0.25, 0.3) is 0 Å². The standard InChI is InChI=1S/C45H72N10O15/c1-7-24(5)35(47)43(68)51-28(18-26-14-10-9-11-15-26)42(67)54-36(23(3)4)44(69)55-37(25(6)8-2)45(70)52-30(20-33(59)60)41(66)50-29(19-32(57)58)40(65)49-27(16-12-13-17-46)39(64)53-31(22-56)38(63)48-21-34(61)62/h9-11,14-15,23-25,27-31,35-37,56H,7-8,12-13,16-22,46-47H2,1-6H3,(H,48,63)(H,49,65)(H,50,66)(H,51,68)(H,52,70)(H,53,64)(H,54,67)(H,55,69)(H,57,58)(H,59,60)(H,61,62)/t24-,25-,27-,28-,29-,30-,31-,35-,36-,37-/m0/s1. The lowest BCUT2D eigenvalue weighted by molar-refractivity contribution is -0.144. The van der Waals surface area contributed by atoms with E-state index in [2.05, 4.69) is 37.2 Å². The molecule has 392 valence electrons. The third-order valence-electron chi connectivity index (χ3n) is 11.3. The van der Waals surface area contributed by atoms with Crippen LogP contribution >= 0.6 is 0 Å². The van der Waals surface area contributed by atoms with Gasteiger partial charge in [-0.25, -0.2) is 0 Å². The van der Waals surface area contributed by atoms with E-state index in [9.17, 15) is 68.1 Å². The van der Waals surface area contributed by atoms with Gasteiger partial charge in [-0.3, -0.25) is 52.7 Å². The second kappa shape index (κ2) is 31.4. The number of carboxylic acid groups (broad SMARTS) is 3. The molecule has 1 rings (SSSR count). The SMILES string of the molecule is CC[C@H](C)[C@H](N)C(=O)N[C@@H](Cc1ccccc1)C(=O)N[C@H](C(=O)N[C@H](C(=O)N[C@@H](CC(=O)O)C(=O)N[C@@H](CC(=O)O)C(=O)N[C@@H](CCCCN)C(=O)N[C@@H](CO)C(=O)NCC(=O)O)[C@@H](C)CC)C(C)C. The smallest absolute Gasteiger partial charge is 0.322 e. The maximum atomic E-state index is 14.0. The molecule has 0 aliphatic heterocycles. The number of nitrogens with two attached hydrogens (primary N) is 2. The van der Waals surface area contributed by atoms with Crippen molar-refractivity contribution >= 4 is 65.2 Å². The van der Waals surface area contributed by atoms with E-state index in [4.69, 9.17) is 16.6 Å². The molecule has 0 radical (unpaired) electrons. The zero-order valence-corrected chi connectivity index (χ0v) is 40.5. The van der Waals surface area contributed by atoms with E-state index < -0.39 is 151 Å². The molecule has 0 aromatic heterocycles. The van der Waals surface area contributed by atoms with Crippen LogP contribution in [0, 0.1) is 17.8 Å². The molecule has 0 spiro atoms. The number of hydrogen-bond donors (Lipinski definition) is 14. The normalized spacial score (nSPS) is 15.3. The van der Waals surface area contributed by atoms with Gasteiger partial charge in [-0.15, -0.1) is 0 Å². The van der Waals surface area contributed by atoms with Crippen molar-refractivity contribution in [3.8, 4) is 0 Å². The van der Waals surface area contributed by atoms with Crippen molar-refractivity contribution in [3.63, 3.8) is 0 Å². The molecule has 16 N–H and O–H groups in total. The molecule has 0 saturated heterocycles. The molecule has 0 unspecified atom stereocenters. The Kier molecular flexibility index (Phi) is 27.5. The zero-order chi connectivity index (χ0) is 53.2. The van der Waals surface area contributed by atoms with Crippen molar-refractivity contribution in [2.24, 2.45) is 29.2 Å². The van der Waals surface area contributed by atoms with Crippen LogP contribution < -0.4 is 54.0 Å². The molecule has 25 nitrogen and oxygen atoms in total. The largest absolute Gasteiger partial charge is 0.481 e. The van der Waals surface area contributed by atoms with E-state index in [1.807, 2.05) is 12.2 Å². The van der Waals surface area contributed by atoms with Gasteiger partial charge < -0.3 is 74.4 Å². The summed E-state index contributed by atoms with van der Waals surface area (Å²) in [5.74, 6) is -14.2. The van der Waals surface area contributed by atoms with Crippen LogP contribution in [0.15, 0.2) is 30.3 Å². The number of hydrogen-bond acceptors (Lipinski definition) is 14. The van der Waals surface area contributed by atoms with Gasteiger partial charge >= 0.3 is 17.9 Å². The van der Waals surface area contributed by atoms with Crippen LogP contribution in [-0.4, -0.2) is 154 Å². The lowest BCUT2D eigenvalue weighted by Gasteiger charge is -2.30. The minimum absolute atomic E-state index is 0.0331. The Morgan fingerprint density at radius 1 is 0.529 bits per heavy atom. The average molecular weight is 993 g/mol. The molecule has 70 heavy (non-hydrogen) atoms. The summed E-state index contributed by atoms with van der Waals surface area (Å²) in [4.78, 5) is 143. The number of rotatable bonds is 33. The van der Waals surface area contributed by atoms with E-state index in [0.29, 0.717) is 18.4 Å². The summed E-state index contributed by atoms with van der Waals surface area (Å²) in [6.07, 6.45) is -0.964. The van der Waals surface area contributed by atoms with Gasteiger partial charge in [0, 0.05) is 6.42 Å². The van der Waals surface area contributed by atoms with Gasteiger partial charge in [0.05, 0.1) is 25.5 Å². The summed E-state index contributed by atoms with van der Waals surface area (Å²) in [5, 5.41) is 56.8. The topological polar surface area (TPSA) is 417 Å². The van der Waals surface area contributed by atoms with Gasteiger partial charge in [0.15, 0.2) is 0 Å². The Hall–Kier alpha value is -6.73. The highest BCUT2D eigenvalue weighted by Crippen LogP contribution is 2.14. The summed E-state index contributed by atoms with van der Waals surface area (Å²) in [7, 11) is 0. The van der Waals surface area contributed by atoms with Crippen LogP contribution in [0.3, 0.4) is 0 Å². The molecule has 0 heterocycles. The maximum absolute atomic E-state index is 14.0. The van der Waals surface area contributed by atoms with Crippen molar-refractivity contribution < 1.29 is 73.2 Å². The van der Waals surface area contributed by atoms with Crippen LogP contribution in [0.2, 0.25) is 0 Å². The average Bonchev–Trinajstić information content (AvgIpc) is 3.30. The summed E-state index contributed by atoms with van der Waals surface area (Å²) < 4.78 is 0. The maximum Gasteiger partial charge on any atom is 0.322 e. The Morgan fingerprint density at radius 2 is 0.986 bits per heavy atom. The number of unbranched alkanes of at least 4 members (excludes halogenated alkanes) is 1.